The maximum atomic E-state index is 5.78. The van der Waals surface area contributed by atoms with Gasteiger partial charge in [0.15, 0.2) is 0 Å². The predicted molar refractivity (Wildman–Crippen MR) is 121 cm³/mol. The lowest BCUT2D eigenvalue weighted by atomic mass is 10.1. The molecule has 1 aromatic carbocycles. The minimum Gasteiger partial charge on any atom is -0.364 e. The first-order valence-corrected chi connectivity index (χ1v) is 14.0. The molecule has 0 atom stereocenters. The van der Waals surface area contributed by atoms with E-state index < -0.39 is 17.6 Å². The van der Waals surface area contributed by atoms with Gasteiger partial charge >= 0.3 is 17.6 Å². The summed E-state index contributed by atoms with van der Waals surface area (Å²) in [5.41, 5.74) is 7.84. The second-order valence-corrected chi connectivity index (χ2v) is 10.2. The van der Waals surface area contributed by atoms with E-state index in [0.29, 0.717) is 39.6 Å². The van der Waals surface area contributed by atoms with Crippen molar-refractivity contribution in [3.8, 4) is 22.9 Å². The molecule has 0 unspecified atom stereocenters. The van der Waals surface area contributed by atoms with Crippen molar-refractivity contribution in [2.24, 2.45) is 0 Å². The van der Waals surface area contributed by atoms with Crippen LogP contribution in [0.25, 0.3) is 0 Å². The minimum atomic E-state index is -3.03. The summed E-state index contributed by atoms with van der Waals surface area (Å²) in [6.07, 6.45) is 0. The summed E-state index contributed by atoms with van der Waals surface area (Å²) < 4.78 is 34.7. The number of rotatable bonds is 12. The SMILES string of the molecule is CCO[Si](C#Cc1cccc(C#C[Si](OCC)(OCC)OCC)c1)(OCC)OCC. The van der Waals surface area contributed by atoms with Gasteiger partial charge < -0.3 is 26.6 Å². The van der Waals surface area contributed by atoms with Crippen LogP contribution in [0, 0.1) is 22.9 Å². The fourth-order valence-electron chi connectivity index (χ4n) is 2.58. The molecule has 30 heavy (non-hydrogen) atoms. The van der Waals surface area contributed by atoms with Gasteiger partial charge in [0, 0.05) is 50.8 Å². The van der Waals surface area contributed by atoms with Crippen LogP contribution in [0.15, 0.2) is 24.3 Å². The summed E-state index contributed by atoms with van der Waals surface area (Å²) in [6.45, 7) is 14.3. The van der Waals surface area contributed by atoms with Crippen molar-refractivity contribution in [1.82, 2.24) is 0 Å². The molecule has 0 heterocycles. The number of hydrogen-bond acceptors (Lipinski definition) is 6. The van der Waals surface area contributed by atoms with Crippen LogP contribution in [0.1, 0.15) is 52.7 Å². The Bertz CT molecular complexity index is 654. The molecule has 0 spiro atoms. The molecular weight excluding hydrogens is 416 g/mol. The van der Waals surface area contributed by atoms with Crippen LogP contribution >= 0.6 is 0 Å². The zero-order valence-corrected chi connectivity index (χ0v) is 21.0. The Labute approximate surface area is 183 Å². The van der Waals surface area contributed by atoms with Gasteiger partial charge in [-0.1, -0.05) is 17.9 Å². The zero-order chi connectivity index (χ0) is 22.3. The van der Waals surface area contributed by atoms with E-state index in [2.05, 4.69) is 22.9 Å². The molecule has 0 aromatic heterocycles. The monoisotopic (exact) mass is 450 g/mol. The van der Waals surface area contributed by atoms with E-state index in [1.54, 1.807) is 0 Å². The first kappa shape index (κ1) is 26.6. The highest BCUT2D eigenvalue weighted by molar-refractivity contribution is 6.70. The lowest BCUT2D eigenvalue weighted by Gasteiger charge is -2.22. The maximum Gasteiger partial charge on any atom is 0.591 e. The van der Waals surface area contributed by atoms with Crippen LogP contribution in [0.4, 0.5) is 0 Å². The van der Waals surface area contributed by atoms with E-state index in [4.69, 9.17) is 26.6 Å². The molecule has 1 aromatic rings. The van der Waals surface area contributed by atoms with Crippen LogP contribution in [-0.2, 0) is 26.6 Å². The van der Waals surface area contributed by atoms with Gasteiger partial charge in [-0.25, -0.2) is 0 Å². The quantitative estimate of drug-likeness (QED) is 0.358. The average Bonchev–Trinajstić information content (AvgIpc) is 2.72. The Morgan fingerprint density at radius 2 is 0.867 bits per heavy atom. The normalized spacial score (nSPS) is 11.4. The number of hydrogen-bond donors (Lipinski definition) is 0. The predicted octanol–water partition coefficient (Wildman–Crippen LogP) is 3.56. The summed E-state index contributed by atoms with van der Waals surface area (Å²) in [4.78, 5) is 0. The van der Waals surface area contributed by atoms with Gasteiger partial charge in [0.05, 0.1) is 0 Å². The highest BCUT2D eigenvalue weighted by Gasteiger charge is 2.40. The third-order valence-electron chi connectivity index (χ3n) is 3.59. The Morgan fingerprint density at radius 3 is 1.13 bits per heavy atom. The first-order chi connectivity index (χ1) is 14.5. The van der Waals surface area contributed by atoms with Crippen LogP contribution < -0.4 is 0 Å². The first-order valence-electron chi connectivity index (χ1n) is 10.5. The molecule has 0 N–H and O–H groups in total. The molecule has 0 bridgehead atoms. The van der Waals surface area contributed by atoms with Crippen molar-refractivity contribution < 1.29 is 26.6 Å². The molecule has 6 nitrogen and oxygen atoms in total. The topological polar surface area (TPSA) is 55.4 Å². The van der Waals surface area contributed by atoms with Gasteiger partial charge in [0.25, 0.3) is 0 Å². The standard InChI is InChI=1S/C22H34O6Si2/c1-7-23-29(24-8-2,25-9-3)18-16-21-14-13-15-22(20-21)17-19-30(26-10-4,27-11-5)28-12-6/h13-15,20H,7-12H2,1-6H3. The summed E-state index contributed by atoms with van der Waals surface area (Å²) in [5.74, 6) is 6.28. The molecule has 0 fully saturated rings. The second-order valence-electron chi connectivity index (χ2n) is 5.79. The number of benzene rings is 1. The summed E-state index contributed by atoms with van der Waals surface area (Å²) in [7, 11) is -6.05. The average molecular weight is 451 g/mol. The van der Waals surface area contributed by atoms with Gasteiger partial charge in [-0.2, -0.15) is 0 Å². The van der Waals surface area contributed by atoms with E-state index in [9.17, 15) is 0 Å². The Kier molecular flexibility index (Phi) is 12.9. The van der Waals surface area contributed by atoms with E-state index in [-0.39, 0.29) is 0 Å². The zero-order valence-electron chi connectivity index (χ0n) is 19.0. The Hall–Kier alpha value is -1.47. The van der Waals surface area contributed by atoms with Crippen molar-refractivity contribution in [3.05, 3.63) is 35.4 Å². The van der Waals surface area contributed by atoms with Crippen LogP contribution in [0.2, 0.25) is 0 Å². The fourth-order valence-corrected chi connectivity index (χ4v) is 6.39. The van der Waals surface area contributed by atoms with Crippen molar-refractivity contribution in [2.75, 3.05) is 39.6 Å². The molecule has 8 heteroatoms. The maximum absolute atomic E-state index is 5.78. The molecule has 0 saturated carbocycles. The van der Waals surface area contributed by atoms with Gasteiger partial charge in [-0.05, 0) is 70.8 Å². The van der Waals surface area contributed by atoms with Crippen molar-refractivity contribution >= 4 is 17.6 Å². The van der Waals surface area contributed by atoms with Gasteiger partial charge in [0.1, 0.15) is 0 Å². The largest absolute Gasteiger partial charge is 0.591 e. The van der Waals surface area contributed by atoms with E-state index in [1.165, 1.54) is 0 Å². The summed E-state index contributed by atoms with van der Waals surface area (Å²) >= 11 is 0. The van der Waals surface area contributed by atoms with E-state index >= 15 is 0 Å². The molecule has 0 amide bonds. The fraction of sp³-hybridized carbons (Fsp3) is 0.545. The smallest absolute Gasteiger partial charge is 0.364 e. The Balaban J connectivity index is 3.20. The Morgan fingerprint density at radius 1 is 0.567 bits per heavy atom. The van der Waals surface area contributed by atoms with Crippen molar-refractivity contribution in [3.63, 3.8) is 0 Å². The van der Waals surface area contributed by atoms with Crippen LogP contribution in [-0.4, -0.2) is 57.3 Å². The molecule has 0 saturated heterocycles. The molecular formula is C22H34O6Si2. The molecule has 0 aliphatic heterocycles. The van der Waals surface area contributed by atoms with Gasteiger partial charge in [-0.15, -0.1) is 0 Å². The highest BCUT2D eigenvalue weighted by atomic mass is 28.4. The van der Waals surface area contributed by atoms with Crippen LogP contribution in [0.3, 0.4) is 0 Å². The van der Waals surface area contributed by atoms with E-state index in [1.807, 2.05) is 65.8 Å². The molecule has 0 radical (unpaired) electrons. The van der Waals surface area contributed by atoms with Gasteiger partial charge in [-0.3, -0.25) is 0 Å². The lowest BCUT2D eigenvalue weighted by Crippen LogP contribution is -2.45. The van der Waals surface area contributed by atoms with Crippen LogP contribution in [0.5, 0.6) is 0 Å². The summed E-state index contributed by atoms with van der Waals surface area (Å²) in [6, 6.07) is 7.65. The van der Waals surface area contributed by atoms with Gasteiger partial charge in [0.2, 0.25) is 0 Å². The highest BCUT2D eigenvalue weighted by Crippen LogP contribution is 2.12. The third kappa shape index (κ3) is 8.72. The summed E-state index contributed by atoms with van der Waals surface area (Å²) in [5, 5.41) is 0. The minimum absolute atomic E-state index is 0.478. The van der Waals surface area contributed by atoms with E-state index in [0.717, 1.165) is 11.1 Å². The molecule has 0 aliphatic carbocycles. The lowest BCUT2D eigenvalue weighted by molar-refractivity contribution is 0.0863. The molecule has 0 aliphatic rings. The molecule has 166 valence electrons. The van der Waals surface area contributed by atoms with Crippen molar-refractivity contribution in [1.29, 1.82) is 0 Å². The third-order valence-corrected chi connectivity index (χ3v) is 8.46. The second kappa shape index (κ2) is 14.5. The van der Waals surface area contributed by atoms with Crippen molar-refractivity contribution in [2.45, 2.75) is 41.5 Å². The molecule has 1 rings (SSSR count).